The van der Waals surface area contributed by atoms with Gasteiger partial charge in [-0.15, -0.1) is 0 Å². The van der Waals surface area contributed by atoms with E-state index in [9.17, 15) is 9.59 Å². The van der Waals surface area contributed by atoms with Crippen molar-refractivity contribution in [1.29, 1.82) is 0 Å². The molecule has 0 bridgehead atoms. The summed E-state index contributed by atoms with van der Waals surface area (Å²) in [5.41, 5.74) is 3.00. The van der Waals surface area contributed by atoms with Gasteiger partial charge in [0.1, 0.15) is 5.60 Å². The van der Waals surface area contributed by atoms with Crippen molar-refractivity contribution in [2.75, 3.05) is 20.2 Å². The first-order valence-electron chi connectivity index (χ1n) is 8.51. The molecule has 1 aliphatic rings. The second-order valence-corrected chi connectivity index (χ2v) is 7.20. The third-order valence-electron chi connectivity index (χ3n) is 4.14. The standard InChI is InChI=1S/C19H23N3O4/c1-19(2,3)26-18(24)21-9-7-13(8-10-21)15-11-20-22-12-14(17(23)25-4)5-6-16(15)22/h5-7,11-12H,8-10H2,1-4H3. The first-order chi connectivity index (χ1) is 12.3. The Labute approximate surface area is 152 Å². The Kier molecular flexibility index (Phi) is 4.71. The monoisotopic (exact) mass is 357 g/mol. The molecule has 0 radical (unpaired) electrons. The summed E-state index contributed by atoms with van der Waals surface area (Å²) in [5.74, 6) is -0.395. The average molecular weight is 357 g/mol. The van der Waals surface area contributed by atoms with Crippen molar-refractivity contribution < 1.29 is 19.1 Å². The van der Waals surface area contributed by atoms with Crippen molar-refractivity contribution in [3.63, 3.8) is 0 Å². The van der Waals surface area contributed by atoms with Crippen molar-refractivity contribution >= 4 is 23.2 Å². The van der Waals surface area contributed by atoms with Gasteiger partial charge in [0.25, 0.3) is 0 Å². The van der Waals surface area contributed by atoms with Crippen LogP contribution in [0.25, 0.3) is 11.1 Å². The lowest BCUT2D eigenvalue weighted by molar-refractivity contribution is 0.0270. The third-order valence-corrected chi connectivity index (χ3v) is 4.14. The molecular formula is C19H23N3O4. The molecule has 0 unspecified atom stereocenters. The molecule has 0 aromatic carbocycles. The minimum absolute atomic E-state index is 0.296. The SMILES string of the molecule is COC(=O)c1ccc2c(C3=CCN(C(=O)OC(C)(C)C)CC3)cnn2c1. The van der Waals surface area contributed by atoms with E-state index in [1.54, 1.807) is 27.9 Å². The molecule has 0 saturated carbocycles. The highest BCUT2D eigenvalue weighted by atomic mass is 16.6. The number of amides is 1. The summed E-state index contributed by atoms with van der Waals surface area (Å²) in [6.07, 6.45) is 5.89. The molecule has 2 aromatic heterocycles. The van der Waals surface area contributed by atoms with Crippen LogP contribution in [-0.2, 0) is 9.47 Å². The summed E-state index contributed by atoms with van der Waals surface area (Å²) < 4.78 is 11.8. The van der Waals surface area contributed by atoms with E-state index in [4.69, 9.17) is 9.47 Å². The molecule has 26 heavy (non-hydrogen) atoms. The van der Waals surface area contributed by atoms with Crippen LogP contribution in [0.2, 0.25) is 0 Å². The Hall–Kier alpha value is -2.83. The minimum Gasteiger partial charge on any atom is -0.465 e. The number of hydrogen-bond donors (Lipinski definition) is 0. The lowest BCUT2D eigenvalue weighted by atomic mass is 10.0. The molecule has 0 spiro atoms. The first-order valence-corrected chi connectivity index (χ1v) is 8.51. The lowest BCUT2D eigenvalue weighted by Crippen LogP contribution is -2.39. The van der Waals surface area contributed by atoms with Crippen molar-refractivity contribution in [2.45, 2.75) is 32.8 Å². The van der Waals surface area contributed by atoms with Crippen LogP contribution in [0.4, 0.5) is 4.79 Å². The molecule has 0 N–H and O–H groups in total. The minimum atomic E-state index is -0.499. The van der Waals surface area contributed by atoms with Crippen LogP contribution in [0.5, 0.6) is 0 Å². The number of carbonyl (C=O) groups excluding carboxylic acids is 2. The number of esters is 1. The third kappa shape index (κ3) is 3.71. The van der Waals surface area contributed by atoms with E-state index in [2.05, 4.69) is 5.10 Å². The smallest absolute Gasteiger partial charge is 0.410 e. The fourth-order valence-corrected chi connectivity index (χ4v) is 2.88. The molecule has 7 heteroatoms. The number of ether oxygens (including phenoxy) is 2. The zero-order valence-corrected chi connectivity index (χ0v) is 15.5. The molecular weight excluding hydrogens is 334 g/mol. The molecule has 0 saturated heterocycles. The molecule has 1 aliphatic heterocycles. The van der Waals surface area contributed by atoms with E-state index in [1.807, 2.05) is 32.9 Å². The number of pyridine rings is 1. The molecule has 1 amide bonds. The van der Waals surface area contributed by atoms with E-state index in [1.165, 1.54) is 7.11 Å². The first kappa shape index (κ1) is 18.0. The topological polar surface area (TPSA) is 73.1 Å². The van der Waals surface area contributed by atoms with Crippen LogP contribution in [0.3, 0.4) is 0 Å². The summed E-state index contributed by atoms with van der Waals surface area (Å²) in [6, 6.07) is 3.58. The largest absolute Gasteiger partial charge is 0.465 e. The molecule has 138 valence electrons. The maximum Gasteiger partial charge on any atom is 0.410 e. The maximum absolute atomic E-state index is 12.2. The number of hydrogen-bond acceptors (Lipinski definition) is 5. The number of aromatic nitrogens is 2. The predicted octanol–water partition coefficient (Wildman–Crippen LogP) is 3.15. The van der Waals surface area contributed by atoms with Crippen molar-refractivity contribution in [1.82, 2.24) is 14.5 Å². The van der Waals surface area contributed by atoms with Gasteiger partial charge in [-0.25, -0.2) is 14.1 Å². The Balaban J connectivity index is 1.78. The second-order valence-electron chi connectivity index (χ2n) is 7.20. The van der Waals surface area contributed by atoms with E-state index < -0.39 is 11.6 Å². The number of carbonyl (C=O) groups is 2. The van der Waals surface area contributed by atoms with E-state index in [-0.39, 0.29) is 6.09 Å². The van der Waals surface area contributed by atoms with E-state index >= 15 is 0 Å². The van der Waals surface area contributed by atoms with Gasteiger partial charge < -0.3 is 14.4 Å². The zero-order chi connectivity index (χ0) is 18.9. The fraction of sp³-hybridized carbons (Fsp3) is 0.421. The number of fused-ring (bicyclic) bond motifs is 1. The summed E-state index contributed by atoms with van der Waals surface area (Å²) in [6.45, 7) is 6.67. The molecule has 7 nitrogen and oxygen atoms in total. The van der Waals surface area contributed by atoms with E-state index in [0.717, 1.165) is 23.1 Å². The van der Waals surface area contributed by atoms with Gasteiger partial charge in [-0.05, 0) is 44.9 Å². The summed E-state index contributed by atoms with van der Waals surface area (Å²) in [5, 5.41) is 4.34. The maximum atomic E-state index is 12.2. The van der Waals surface area contributed by atoms with Gasteiger partial charge in [-0.1, -0.05) is 6.08 Å². The Morgan fingerprint density at radius 2 is 2.00 bits per heavy atom. The number of nitrogens with zero attached hydrogens (tertiary/aromatic N) is 3. The van der Waals surface area contributed by atoms with Crippen LogP contribution in [0.1, 0.15) is 43.1 Å². The summed E-state index contributed by atoms with van der Waals surface area (Å²) in [4.78, 5) is 25.5. The normalized spacial score (nSPS) is 14.9. The van der Waals surface area contributed by atoms with Gasteiger partial charge in [0, 0.05) is 24.8 Å². The van der Waals surface area contributed by atoms with Crippen LogP contribution in [0, 0.1) is 0 Å². The van der Waals surface area contributed by atoms with Crippen molar-refractivity contribution in [2.24, 2.45) is 0 Å². The van der Waals surface area contributed by atoms with Crippen LogP contribution >= 0.6 is 0 Å². The summed E-state index contributed by atoms with van der Waals surface area (Å²) in [7, 11) is 1.35. The van der Waals surface area contributed by atoms with Gasteiger partial charge in [-0.2, -0.15) is 5.10 Å². The highest BCUT2D eigenvalue weighted by Gasteiger charge is 2.24. The fourth-order valence-electron chi connectivity index (χ4n) is 2.88. The highest BCUT2D eigenvalue weighted by Crippen LogP contribution is 2.27. The van der Waals surface area contributed by atoms with Crippen molar-refractivity contribution in [3.05, 3.63) is 41.7 Å². The highest BCUT2D eigenvalue weighted by molar-refractivity contribution is 5.90. The van der Waals surface area contributed by atoms with Gasteiger partial charge >= 0.3 is 12.1 Å². The Morgan fingerprint density at radius 3 is 2.62 bits per heavy atom. The van der Waals surface area contributed by atoms with Gasteiger partial charge in [0.15, 0.2) is 0 Å². The van der Waals surface area contributed by atoms with Crippen LogP contribution in [-0.4, -0.2) is 52.4 Å². The van der Waals surface area contributed by atoms with Crippen LogP contribution in [0.15, 0.2) is 30.6 Å². The summed E-state index contributed by atoms with van der Waals surface area (Å²) >= 11 is 0. The zero-order valence-electron chi connectivity index (χ0n) is 15.5. The second kappa shape index (κ2) is 6.82. The van der Waals surface area contributed by atoms with Gasteiger partial charge in [0.2, 0.25) is 0 Å². The average Bonchev–Trinajstić information content (AvgIpc) is 3.02. The Morgan fingerprint density at radius 1 is 1.23 bits per heavy atom. The molecule has 0 fully saturated rings. The molecule has 3 heterocycles. The Bertz CT molecular complexity index is 877. The van der Waals surface area contributed by atoms with Gasteiger partial charge in [-0.3, -0.25) is 0 Å². The van der Waals surface area contributed by atoms with Crippen molar-refractivity contribution in [3.8, 4) is 0 Å². The van der Waals surface area contributed by atoms with E-state index in [0.29, 0.717) is 18.7 Å². The predicted molar refractivity (Wildman–Crippen MR) is 96.9 cm³/mol. The molecule has 0 atom stereocenters. The lowest BCUT2D eigenvalue weighted by Gasteiger charge is -2.29. The van der Waals surface area contributed by atoms with Crippen LogP contribution < -0.4 is 0 Å². The molecule has 0 aliphatic carbocycles. The quantitative estimate of drug-likeness (QED) is 0.772. The molecule has 2 aromatic rings. The van der Waals surface area contributed by atoms with Gasteiger partial charge in [0.05, 0.1) is 24.4 Å². The number of methoxy groups -OCH3 is 1. The molecule has 3 rings (SSSR count). The number of rotatable bonds is 2.